The van der Waals surface area contributed by atoms with Gasteiger partial charge in [-0.3, -0.25) is 4.90 Å². The molecule has 0 aromatic heterocycles. The standard InChI is InChI=1S/C20H32N2/c1-21-14-11-19(12-15-21)17-22(20-9-5-6-10-20)16-13-18-7-3-2-4-8-18/h2-4,7-8,19-20H,5-6,9-17H2,1H3. The second-order valence-corrected chi connectivity index (χ2v) is 7.42. The SMILES string of the molecule is CN1CCC(CN(CCc2ccccc2)C2CCCC2)CC1. The second kappa shape index (κ2) is 8.12. The number of piperidine rings is 1. The van der Waals surface area contributed by atoms with Gasteiger partial charge in [-0.1, -0.05) is 43.2 Å². The Morgan fingerprint density at radius 2 is 1.68 bits per heavy atom. The highest BCUT2D eigenvalue weighted by molar-refractivity contribution is 5.14. The summed E-state index contributed by atoms with van der Waals surface area (Å²) < 4.78 is 0. The Morgan fingerprint density at radius 3 is 2.36 bits per heavy atom. The molecule has 2 aliphatic rings. The Labute approximate surface area is 136 Å². The van der Waals surface area contributed by atoms with Crippen LogP contribution in [0.4, 0.5) is 0 Å². The second-order valence-electron chi connectivity index (χ2n) is 7.42. The first-order chi connectivity index (χ1) is 10.8. The van der Waals surface area contributed by atoms with E-state index in [1.165, 1.54) is 76.7 Å². The maximum Gasteiger partial charge on any atom is 0.00955 e. The lowest BCUT2D eigenvalue weighted by atomic mass is 9.95. The molecule has 3 rings (SSSR count). The van der Waals surface area contributed by atoms with Gasteiger partial charge in [0.25, 0.3) is 0 Å². The summed E-state index contributed by atoms with van der Waals surface area (Å²) >= 11 is 0. The molecular formula is C20H32N2. The van der Waals surface area contributed by atoms with Gasteiger partial charge in [-0.05, 0) is 63.7 Å². The summed E-state index contributed by atoms with van der Waals surface area (Å²) in [6.45, 7) is 5.18. The van der Waals surface area contributed by atoms with Crippen LogP contribution in [0, 0.1) is 5.92 Å². The first kappa shape index (κ1) is 16.0. The van der Waals surface area contributed by atoms with Gasteiger partial charge in [0.15, 0.2) is 0 Å². The van der Waals surface area contributed by atoms with Crippen molar-refractivity contribution in [1.29, 1.82) is 0 Å². The third-order valence-electron chi connectivity index (χ3n) is 5.70. The molecule has 1 aromatic carbocycles. The molecule has 122 valence electrons. The highest BCUT2D eigenvalue weighted by atomic mass is 15.2. The fourth-order valence-corrected chi connectivity index (χ4v) is 4.19. The van der Waals surface area contributed by atoms with E-state index in [-0.39, 0.29) is 0 Å². The largest absolute Gasteiger partial charge is 0.306 e. The fourth-order valence-electron chi connectivity index (χ4n) is 4.19. The molecule has 0 spiro atoms. The summed E-state index contributed by atoms with van der Waals surface area (Å²) in [7, 11) is 2.26. The molecule has 0 bridgehead atoms. The van der Waals surface area contributed by atoms with Gasteiger partial charge in [-0.15, -0.1) is 0 Å². The van der Waals surface area contributed by atoms with Crippen LogP contribution in [0.5, 0.6) is 0 Å². The maximum absolute atomic E-state index is 2.84. The van der Waals surface area contributed by atoms with Gasteiger partial charge in [0.05, 0.1) is 0 Å². The normalized spacial score (nSPS) is 21.7. The lowest BCUT2D eigenvalue weighted by Crippen LogP contribution is -2.42. The number of benzene rings is 1. The van der Waals surface area contributed by atoms with Crippen LogP contribution in [0.1, 0.15) is 44.1 Å². The molecule has 1 aliphatic carbocycles. The summed E-state index contributed by atoms with van der Waals surface area (Å²) in [5.74, 6) is 0.924. The molecule has 0 atom stereocenters. The highest BCUT2D eigenvalue weighted by Crippen LogP contribution is 2.26. The molecule has 1 saturated carbocycles. The molecule has 0 N–H and O–H groups in total. The smallest absolute Gasteiger partial charge is 0.00955 e. The Morgan fingerprint density at radius 1 is 1.00 bits per heavy atom. The molecule has 1 aliphatic heterocycles. The molecule has 1 heterocycles. The Kier molecular flexibility index (Phi) is 5.91. The van der Waals surface area contributed by atoms with Crippen LogP contribution in [-0.4, -0.2) is 49.1 Å². The van der Waals surface area contributed by atoms with E-state index in [0.29, 0.717) is 0 Å². The average Bonchev–Trinajstić information content (AvgIpc) is 3.08. The van der Waals surface area contributed by atoms with Crippen LogP contribution in [-0.2, 0) is 6.42 Å². The Balaban J connectivity index is 1.55. The summed E-state index contributed by atoms with van der Waals surface area (Å²) in [4.78, 5) is 5.33. The topological polar surface area (TPSA) is 6.48 Å². The third kappa shape index (κ3) is 4.57. The van der Waals surface area contributed by atoms with Crippen molar-refractivity contribution in [1.82, 2.24) is 9.80 Å². The van der Waals surface area contributed by atoms with Crippen molar-refractivity contribution in [3.05, 3.63) is 35.9 Å². The minimum atomic E-state index is 0.864. The van der Waals surface area contributed by atoms with E-state index >= 15 is 0 Å². The van der Waals surface area contributed by atoms with Crippen LogP contribution in [0.2, 0.25) is 0 Å². The summed E-state index contributed by atoms with van der Waals surface area (Å²) in [6, 6.07) is 11.9. The van der Waals surface area contributed by atoms with Crippen LogP contribution >= 0.6 is 0 Å². The Bertz CT molecular complexity index is 417. The van der Waals surface area contributed by atoms with Gasteiger partial charge in [0.1, 0.15) is 0 Å². The number of rotatable bonds is 6. The van der Waals surface area contributed by atoms with Crippen molar-refractivity contribution in [2.45, 2.75) is 51.0 Å². The van der Waals surface area contributed by atoms with Crippen molar-refractivity contribution >= 4 is 0 Å². The zero-order valence-electron chi connectivity index (χ0n) is 14.2. The molecule has 2 fully saturated rings. The zero-order chi connectivity index (χ0) is 15.2. The third-order valence-corrected chi connectivity index (χ3v) is 5.70. The molecule has 1 aromatic rings. The predicted molar refractivity (Wildman–Crippen MR) is 94.2 cm³/mol. The molecule has 0 amide bonds. The number of hydrogen-bond acceptors (Lipinski definition) is 2. The van der Waals surface area contributed by atoms with Crippen molar-refractivity contribution in [3.63, 3.8) is 0 Å². The predicted octanol–water partition coefficient (Wildman–Crippen LogP) is 3.82. The first-order valence-corrected chi connectivity index (χ1v) is 9.28. The van der Waals surface area contributed by atoms with Gasteiger partial charge >= 0.3 is 0 Å². The van der Waals surface area contributed by atoms with Crippen molar-refractivity contribution < 1.29 is 0 Å². The van der Waals surface area contributed by atoms with Crippen LogP contribution in [0.15, 0.2) is 30.3 Å². The lowest BCUT2D eigenvalue weighted by Gasteiger charge is -2.36. The lowest BCUT2D eigenvalue weighted by molar-refractivity contribution is 0.129. The van der Waals surface area contributed by atoms with E-state index in [1.807, 2.05) is 0 Å². The van der Waals surface area contributed by atoms with Gasteiger partial charge in [0.2, 0.25) is 0 Å². The van der Waals surface area contributed by atoms with E-state index in [9.17, 15) is 0 Å². The van der Waals surface area contributed by atoms with E-state index in [0.717, 1.165) is 12.0 Å². The highest BCUT2D eigenvalue weighted by Gasteiger charge is 2.26. The number of likely N-dealkylation sites (tertiary alicyclic amines) is 1. The van der Waals surface area contributed by atoms with Crippen LogP contribution < -0.4 is 0 Å². The van der Waals surface area contributed by atoms with Crippen molar-refractivity contribution in [2.75, 3.05) is 33.2 Å². The van der Waals surface area contributed by atoms with E-state index in [4.69, 9.17) is 0 Å². The minimum absolute atomic E-state index is 0.864. The van der Waals surface area contributed by atoms with E-state index < -0.39 is 0 Å². The number of nitrogens with zero attached hydrogens (tertiary/aromatic N) is 2. The minimum Gasteiger partial charge on any atom is -0.306 e. The summed E-state index contributed by atoms with van der Waals surface area (Å²) in [6.07, 6.45) is 9.75. The molecule has 0 unspecified atom stereocenters. The molecule has 0 radical (unpaired) electrons. The van der Waals surface area contributed by atoms with Gasteiger partial charge in [-0.2, -0.15) is 0 Å². The first-order valence-electron chi connectivity index (χ1n) is 9.28. The quantitative estimate of drug-likeness (QED) is 0.788. The summed E-state index contributed by atoms with van der Waals surface area (Å²) in [5, 5.41) is 0. The molecule has 1 saturated heterocycles. The van der Waals surface area contributed by atoms with Gasteiger partial charge in [0, 0.05) is 19.1 Å². The molecular weight excluding hydrogens is 268 g/mol. The molecule has 2 nitrogen and oxygen atoms in total. The van der Waals surface area contributed by atoms with Crippen LogP contribution in [0.25, 0.3) is 0 Å². The fraction of sp³-hybridized carbons (Fsp3) is 0.700. The summed E-state index contributed by atoms with van der Waals surface area (Å²) in [5.41, 5.74) is 1.49. The van der Waals surface area contributed by atoms with E-state index in [1.54, 1.807) is 0 Å². The van der Waals surface area contributed by atoms with Gasteiger partial charge in [-0.25, -0.2) is 0 Å². The number of hydrogen-bond donors (Lipinski definition) is 0. The van der Waals surface area contributed by atoms with Crippen molar-refractivity contribution in [2.24, 2.45) is 5.92 Å². The van der Waals surface area contributed by atoms with E-state index in [2.05, 4.69) is 47.2 Å². The Hall–Kier alpha value is -0.860. The van der Waals surface area contributed by atoms with Crippen molar-refractivity contribution in [3.8, 4) is 0 Å². The molecule has 22 heavy (non-hydrogen) atoms. The molecule has 2 heteroatoms. The van der Waals surface area contributed by atoms with Crippen LogP contribution in [0.3, 0.4) is 0 Å². The van der Waals surface area contributed by atoms with Gasteiger partial charge < -0.3 is 4.90 Å². The monoisotopic (exact) mass is 300 g/mol. The maximum atomic E-state index is 2.84. The average molecular weight is 300 g/mol. The zero-order valence-corrected chi connectivity index (χ0v) is 14.2.